The molecule has 2 amide bonds. The number of thiophene rings is 1. The van der Waals surface area contributed by atoms with Crippen molar-refractivity contribution in [1.82, 2.24) is 10.2 Å². The van der Waals surface area contributed by atoms with E-state index in [4.69, 9.17) is 11.6 Å². The van der Waals surface area contributed by atoms with Crippen LogP contribution in [-0.4, -0.2) is 18.0 Å². The Kier molecular flexibility index (Phi) is 4.82. The highest BCUT2D eigenvalue weighted by Crippen LogP contribution is 2.16. The summed E-state index contributed by atoms with van der Waals surface area (Å²) in [6, 6.07) is 11.4. The highest BCUT2D eigenvalue weighted by molar-refractivity contribution is 7.09. The van der Waals surface area contributed by atoms with Gasteiger partial charge in [-0.05, 0) is 23.1 Å². The number of nitrogens with one attached hydrogen (secondary N) is 1. The first-order valence-electron chi connectivity index (χ1n) is 5.91. The number of carbonyl (C=O) groups excluding carboxylic acids is 1. The molecule has 2 aromatic rings. The molecule has 0 atom stereocenters. The standard InChI is InChI=1S/C14H15ClN2OS/c1-17(10-11-5-2-3-7-13(11)15)14(18)16-9-12-6-4-8-19-12/h2-8H,9-10H2,1H3,(H,16,18). The number of rotatable bonds is 4. The first kappa shape index (κ1) is 13.9. The van der Waals surface area contributed by atoms with Crippen LogP contribution in [0.25, 0.3) is 0 Å². The fourth-order valence-corrected chi connectivity index (χ4v) is 2.50. The van der Waals surface area contributed by atoms with Crippen LogP contribution in [0, 0.1) is 0 Å². The van der Waals surface area contributed by atoms with Gasteiger partial charge in [0.2, 0.25) is 0 Å². The summed E-state index contributed by atoms with van der Waals surface area (Å²) in [5.74, 6) is 0. The summed E-state index contributed by atoms with van der Waals surface area (Å²) in [5, 5.41) is 5.55. The Morgan fingerprint density at radius 1 is 1.32 bits per heavy atom. The monoisotopic (exact) mass is 294 g/mol. The molecule has 1 N–H and O–H groups in total. The van der Waals surface area contributed by atoms with Crippen LogP contribution in [0.2, 0.25) is 5.02 Å². The van der Waals surface area contributed by atoms with E-state index >= 15 is 0 Å². The SMILES string of the molecule is CN(Cc1ccccc1Cl)C(=O)NCc1cccs1. The van der Waals surface area contributed by atoms with Gasteiger partial charge in [-0.15, -0.1) is 11.3 Å². The third kappa shape index (κ3) is 3.98. The lowest BCUT2D eigenvalue weighted by Gasteiger charge is -2.18. The van der Waals surface area contributed by atoms with Gasteiger partial charge in [0, 0.05) is 23.5 Å². The van der Waals surface area contributed by atoms with Crippen molar-refractivity contribution in [3.05, 3.63) is 57.2 Å². The van der Waals surface area contributed by atoms with E-state index in [2.05, 4.69) is 5.32 Å². The summed E-state index contributed by atoms with van der Waals surface area (Å²) in [6.07, 6.45) is 0. The van der Waals surface area contributed by atoms with Gasteiger partial charge in [-0.2, -0.15) is 0 Å². The molecular formula is C14H15ClN2OS. The average molecular weight is 295 g/mol. The lowest BCUT2D eigenvalue weighted by molar-refractivity contribution is 0.206. The Balaban J connectivity index is 1.87. The van der Waals surface area contributed by atoms with Gasteiger partial charge in [0.15, 0.2) is 0 Å². The smallest absolute Gasteiger partial charge is 0.317 e. The first-order chi connectivity index (χ1) is 9.16. The third-order valence-electron chi connectivity index (χ3n) is 2.71. The molecule has 2 rings (SSSR count). The third-order valence-corrected chi connectivity index (χ3v) is 3.95. The summed E-state index contributed by atoms with van der Waals surface area (Å²) in [7, 11) is 1.76. The molecule has 0 unspecified atom stereocenters. The molecule has 0 saturated carbocycles. The van der Waals surface area contributed by atoms with Crippen molar-refractivity contribution in [3.63, 3.8) is 0 Å². The van der Waals surface area contributed by atoms with Crippen molar-refractivity contribution in [2.24, 2.45) is 0 Å². The Hall–Kier alpha value is -1.52. The Morgan fingerprint density at radius 2 is 2.11 bits per heavy atom. The fourth-order valence-electron chi connectivity index (χ4n) is 1.66. The van der Waals surface area contributed by atoms with Crippen LogP contribution >= 0.6 is 22.9 Å². The highest BCUT2D eigenvalue weighted by atomic mass is 35.5. The topological polar surface area (TPSA) is 32.3 Å². The number of halogens is 1. The molecule has 1 heterocycles. The molecule has 100 valence electrons. The Labute approximate surface area is 121 Å². The number of hydrogen-bond acceptors (Lipinski definition) is 2. The molecule has 0 radical (unpaired) electrons. The van der Waals surface area contributed by atoms with Crippen LogP contribution in [0.3, 0.4) is 0 Å². The predicted octanol–water partition coefficient (Wildman–Crippen LogP) is 3.74. The van der Waals surface area contributed by atoms with E-state index in [-0.39, 0.29) is 6.03 Å². The van der Waals surface area contributed by atoms with Crippen LogP contribution in [0.1, 0.15) is 10.4 Å². The molecule has 0 spiro atoms. The molecule has 0 aliphatic rings. The zero-order valence-electron chi connectivity index (χ0n) is 10.6. The molecular weight excluding hydrogens is 280 g/mol. The molecule has 0 fully saturated rings. The summed E-state index contributed by atoms with van der Waals surface area (Å²) in [4.78, 5) is 14.7. The minimum absolute atomic E-state index is 0.103. The minimum atomic E-state index is -0.103. The van der Waals surface area contributed by atoms with Crippen molar-refractivity contribution in [2.45, 2.75) is 13.1 Å². The normalized spacial score (nSPS) is 10.2. The van der Waals surface area contributed by atoms with Crippen molar-refractivity contribution >= 4 is 29.0 Å². The van der Waals surface area contributed by atoms with Crippen molar-refractivity contribution < 1.29 is 4.79 Å². The number of benzene rings is 1. The van der Waals surface area contributed by atoms with Crippen LogP contribution in [-0.2, 0) is 13.1 Å². The second-order valence-corrected chi connectivity index (χ2v) is 5.62. The summed E-state index contributed by atoms with van der Waals surface area (Å²) in [6.45, 7) is 1.05. The van der Waals surface area contributed by atoms with Crippen LogP contribution in [0.15, 0.2) is 41.8 Å². The lowest BCUT2D eigenvalue weighted by atomic mass is 10.2. The maximum atomic E-state index is 11.9. The van der Waals surface area contributed by atoms with Gasteiger partial charge >= 0.3 is 6.03 Å². The molecule has 1 aromatic carbocycles. The Morgan fingerprint density at radius 3 is 2.79 bits per heavy atom. The van der Waals surface area contributed by atoms with E-state index in [9.17, 15) is 4.79 Å². The molecule has 0 aliphatic carbocycles. The second-order valence-electron chi connectivity index (χ2n) is 4.19. The van der Waals surface area contributed by atoms with Gasteiger partial charge in [0.1, 0.15) is 0 Å². The van der Waals surface area contributed by atoms with Gasteiger partial charge in [-0.1, -0.05) is 35.9 Å². The predicted molar refractivity (Wildman–Crippen MR) is 79.5 cm³/mol. The number of urea groups is 1. The van der Waals surface area contributed by atoms with Gasteiger partial charge in [0.25, 0.3) is 0 Å². The van der Waals surface area contributed by atoms with Gasteiger partial charge < -0.3 is 10.2 Å². The zero-order chi connectivity index (χ0) is 13.7. The molecule has 0 saturated heterocycles. The average Bonchev–Trinajstić information content (AvgIpc) is 2.91. The second kappa shape index (κ2) is 6.59. The van der Waals surface area contributed by atoms with Crippen molar-refractivity contribution in [3.8, 4) is 0 Å². The van der Waals surface area contributed by atoms with E-state index in [0.717, 1.165) is 10.4 Å². The van der Waals surface area contributed by atoms with E-state index in [0.29, 0.717) is 18.1 Å². The van der Waals surface area contributed by atoms with E-state index in [1.54, 1.807) is 23.3 Å². The maximum absolute atomic E-state index is 11.9. The molecule has 19 heavy (non-hydrogen) atoms. The molecule has 3 nitrogen and oxygen atoms in total. The quantitative estimate of drug-likeness (QED) is 0.915. The summed E-state index contributed by atoms with van der Waals surface area (Å²) < 4.78 is 0. The number of amides is 2. The summed E-state index contributed by atoms with van der Waals surface area (Å²) in [5.41, 5.74) is 0.943. The summed E-state index contributed by atoms with van der Waals surface area (Å²) >= 11 is 7.70. The molecule has 0 bridgehead atoms. The Bertz CT molecular complexity index is 542. The van der Waals surface area contributed by atoms with Crippen molar-refractivity contribution in [1.29, 1.82) is 0 Å². The fraction of sp³-hybridized carbons (Fsp3) is 0.214. The number of carbonyl (C=O) groups is 1. The largest absolute Gasteiger partial charge is 0.333 e. The molecule has 0 aliphatic heterocycles. The van der Waals surface area contributed by atoms with Gasteiger partial charge in [-0.25, -0.2) is 4.79 Å². The molecule has 1 aromatic heterocycles. The minimum Gasteiger partial charge on any atom is -0.333 e. The molecule has 5 heteroatoms. The number of hydrogen-bond donors (Lipinski definition) is 1. The number of nitrogens with zero attached hydrogens (tertiary/aromatic N) is 1. The van der Waals surface area contributed by atoms with Crippen LogP contribution < -0.4 is 5.32 Å². The van der Waals surface area contributed by atoms with Crippen molar-refractivity contribution in [2.75, 3.05) is 7.05 Å². The van der Waals surface area contributed by atoms with E-state index in [1.807, 2.05) is 41.8 Å². The van der Waals surface area contributed by atoms with Crippen LogP contribution in [0.5, 0.6) is 0 Å². The van der Waals surface area contributed by atoms with Crippen LogP contribution in [0.4, 0.5) is 4.79 Å². The lowest BCUT2D eigenvalue weighted by Crippen LogP contribution is -2.36. The maximum Gasteiger partial charge on any atom is 0.317 e. The first-order valence-corrected chi connectivity index (χ1v) is 7.17. The van der Waals surface area contributed by atoms with Gasteiger partial charge in [-0.3, -0.25) is 0 Å². The zero-order valence-corrected chi connectivity index (χ0v) is 12.2. The van der Waals surface area contributed by atoms with Gasteiger partial charge in [0.05, 0.1) is 6.54 Å². The van der Waals surface area contributed by atoms with E-state index in [1.165, 1.54) is 0 Å². The van der Waals surface area contributed by atoms with E-state index < -0.39 is 0 Å². The highest BCUT2D eigenvalue weighted by Gasteiger charge is 2.10.